The number of carbonyl (C=O) groups excluding carboxylic acids is 1. The molecule has 0 saturated heterocycles. The van der Waals surface area contributed by atoms with Gasteiger partial charge in [0.05, 0.1) is 26.7 Å². The highest BCUT2D eigenvalue weighted by molar-refractivity contribution is 5.92. The lowest BCUT2D eigenvalue weighted by atomic mass is 10.0. The predicted molar refractivity (Wildman–Crippen MR) is 90.5 cm³/mol. The Labute approximate surface area is 150 Å². The van der Waals surface area contributed by atoms with Gasteiger partial charge in [-0.15, -0.1) is 0 Å². The van der Waals surface area contributed by atoms with Crippen LogP contribution < -0.4 is 14.8 Å². The molecule has 1 heterocycles. The van der Waals surface area contributed by atoms with Crippen LogP contribution in [0.4, 0.5) is 0 Å². The molecule has 138 valence electrons. The van der Waals surface area contributed by atoms with Gasteiger partial charge in [0, 0.05) is 23.6 Å². The number of carboxylic acids is 1. The van der Waals surface area contributed by atoms with Gasteiger partial charge in [-0.25, -0.2) is 0 Å². The van der Waals surface area contributed by atoms with Gasteiger partial charge in [0.15, 0.2) is 5.69 Å². The van der Waals surface area contributed by atoms with Gasteiger partial charge in [0.2, 0.25) is 0 Å². The van der Waals surface area contributed by atoms with Crippen molar-refractivity contribution in [3.63, 3.8) is 0 Å². The van der Waals surface area contributed by atoms with Crippen molar-refractivity contribution in [2.45, 2.75) is 31.2 Å². The van der Waals surface area contributed by atoms with E-state index < -0.39 is 17.9 Å². The number of carboxylic acid groups (broad SMARTS) is 1. The van der Waals surface area contributed by atoms with E-state index >= 15 is 0 Å². The van der Waals surface area contributed by atoms with Gasteiger partial charge in [0.1, 0.15) is 17.3 Å². The molecular weight excluding hydrogens is 340 g/mol. The maximum absolute atomic E-state index is 12.5. The zero-order valence-corrected chi connectivity index (χ0v) is 14.5. The number of hydrogen-bond acceptors (Lipinski definition) is 6. The molecule has 1 aliphatic rings. The van der Waals surface area contributed by atoms with Crippen molar-refractivity contribution in [3.05, 3.63) is 41.3 Å². The standard InChI is InChI=1S/C18H20N2O6/c1-24-11-5-6-12(16(7-11)25-2)13(9-17(21)22)19-18(23)14-8-15(26-20-14)10-3-4-10/h5-8,10,13H,3-4,9H2,1-2H3,(H,19,23)(H,21,22). The summed E-state index contributed by atoms with van der Waals surface area (Å²) in [6.45, 7) is 0. The fraction of sp³-hybridized carbons (Fsp3) is 0.389. The summed E-state index contributed by atoms with van der Waals surface area (Å²) in [6.07, 6.45) is 1.75. The van der Waals surface area contributed by atoms with E-state index in [1.807, 2.05) is 0 Å². The number of methoxy groups -OCH3 is 2. The third kappa shape index (κ3) is 3.96. The van der Waals surface area contributed by atoms with Crippen molar-refractivity contribution in [1.82, 2.24) is 10.5 Å². The lowest BCUT2D eigenvalue weighted by Gasteiger charge is -2.20. The van der Waals surface area contributed by atoms with E-state index in [1.165, 1.54) is 14.2 Å². The molecule has 2 aromatic rings. The van der Waals surface area contributed by atoms with Crippen molar-refractivity contribution in [3.8, 4) is 11.5 Å². The molecule has 1 unspecified atom stereocenters. The van der Waals surface area contributed by atoms with Gasteiger partial charge in [-0.05, 0) is 25.0 Å². The molecule has 1 aliphatic carbocycles. The van der Waals surface area contributed by atoms with Gasteiger partial charge < -0.3 is 24.4 Å². The van der Waals surface area contributed by atoms with Crippen LogP contribution in [-0.2, 0) is 4.79 Å². The number of nitrogens with one attached hydrogen (secondary N) is 1. The Bertz CT molecular complexity index is 812. The van der Waals surface area contributed by atoms with E-state index in [1.54, 1.807) is 24.3 Å². The summed E-state index contributed by atoms with van der Waals surface area (Å²) in [5, 5.41) is 15.7. The Morgan fingerprint density at radius 3 is 2.69 bits per heavy atom. The highest BCUT2D eigenvalue weighted by Gasteiger charge is 2.30. The molecule has 1 amide bonds. The maximum Gasteiger partial charge on any atom is 0.305 e. The van der Waals surface area contributed by atoms with Gasteiger partial charge in [0.25, 0.3) is 5.91 Å². The first kappa shape index (κ1) is 17.8. The molecule has 1 atom stereocenters. The number of aliphatic carboxylic acids is 1. The average molecular weight is 360 g/mol. The van der Waals surface area contributed by atoms with Crippen molar-refractivity contribution in [1.29, 1.82) is 0 Å². The number of carbonyl (C=O) groups is 2. The van der Waals surface area contributed by atoms with Crippen LogP contribution in [0.25, 0.3) is 0 Å². The second-order valence-electron chi connectivity index (χ2n) is 6.12. The molecule has 3 rings (SSSR count). The van der Waals surface area contributed by atoms with Crippen LogP contribution >= 0.6 is 0 Å². The summed E-state index contributed by atoms with van der Waals surface area (Å²) in [6, 6.07) is 5.81. The maximum atomic E-state index is 12.5. The van der Waals surface area contributed by atoms with E-state index in [9.17, 15) is 14.7 Å². The molecule has 1 aromatic heterocycles. The summed E-state index contributed by atoms with van der Waals surface area (Å²) in [5.41, 5.74) is 0.671. The molecule has 0 bridgehead atoms. The first-order valence-electron chi connectivity index (χ1n) is 8.23. The lowest BCUT2D eigenvalue weighted by Crippen LogP contribution is -2.30. The molecule has 0 aliphatic heterocycles. The number of amides is 1. The predicted octanol–water partition coefficient (Wildman–Crippen LogP) is 2.52. The van der Waals surface area contributed by atoms with Crippen LogP contribution in [0.5, 0.6) is 11.5 Å². The number of ether oxygens (including phenoxy) is 2. The molecule has 26 heavy (non-hydrogen) atoms. The molecule has 1 saturated carbocycles. The van der Waals surface area contributed by atoms with Crippen LogP contribution in [0.1, 0.15) is 53.0 Å². The monoisotopic (exact) mass is 360 g/mol. The third-order valence-corrected chi connectivity index (χ3v) is 4.24. The first-order valence-corrected chi connectivity index (χ1v) is 8.23. The topological polar surface area (TPSA) is 111 Å². The molecular formula is C18H20N2O6. The third-order valence-electron chi connectivity index (χ3n) is 4.24. The summed E-state index contributed by atoms with van der Waals surface area (Å²) >= 11 is 0. The molecule has 0 radical (unpaired) electrons. The summed E-state index contributed by atoms with van der Waals surface area (Å²) in [4.78, 5) is 23.8. The second kappa shape index (κ2) is 7.47. The second-order valence-corrected chi connectivity index (χ2v) is 6.12. The fourth-order valence-electron chi connectivity index (χ4n) is 2.71. The molecule has 0 spiro atoms. The highest BCUT2D eigenvalue weighted by atomic mass is 16.5. The van der Waals surface area contributed by atoms with Crippen LogP contribution in [0, 0.1) is 0 Å². The number of rotatable bonds is 8. The summed E-state index contributed by atoms with van der Waals surface area (Å²) in [5.74, 6) is 0.468. The fourth-order valence-corrected chi connectivity index (χ4v) is 2.71. The Kier molecular flexibility index (Phi) is 5.11. The summed E-state index contributed by atoms with van der Waals surface area (Å²) in [7, 11) is 2.99. The zero-order chi connectivity index (χ0) is 18.7. The highest BCUT2D eigenvalue weighted by Crippen LogP contribution is 2.40. The van der Waals surface area contributed by atoms with Crippen LogP contribution in [0.3, 0.4) is 0 Å². The van der Waals surface area contributed by atoms with Crippen LogP contribution in [0.15, 0.2) is 28.8 Å². The van der Waals surface area contributed by atoms with E-state index in [4.69, 9.17) is 14.0 Å². The zero-order valence-electron chi connectivity index (χ0n) is 14.5. The Morgan fingerprint density at radius 1 is 1.31 bits per heavy atom. The Morgan fingerprint density at radius 2 is 2.08 bits per heavy atom. The van der Waals surface area contributed by atoms with Crippen molar-refractivity contribution < 1.29 is 28.7 Å². The Hall–Kier alpha value is -3.03. The number of benzene rings is 1. The molecule has 1 aromatic carbocycles. The van der Waals surface area contributed by atoms with Gasteiger partial charge >= 0.3 is 5.97 Å². The van der Waals surface area contributed by atoms with Crippen LogP contribution in [-0.4, -0.2) is 36.4 Å². The normalized spacial score (nSPS) is 14.5. The van der Waals surface area contributed by atoms with Gasteiger partial charge in [-0.3, -0.25) is 9.59 Å². The van der Waals surface area contributed by atoms with Crippen molar-refractivity contribution >= 4 is 11.9 Å². The quantitative estimate of drug-likeness (QED) is 0.744. The number of aromatic nitrogens is 1. The molecule has 8 heteroatoms. The SMILES string of the molecule is COc1ccc(C(CC(=O)O)NC(=O)c2cc(C3CC3)on2)c(OC)c1. The molecule has 8 nitrogen and oxygen atoms in total. The van der Waals surface area contributed by atoms with E-state index in [0.29, 0.717) is 28.7 Å². The molecule has 1 fully saturated rings. The number of nitrogens with zero attached hydrogens (tertiary/aromatic N) is 1. The lowest BCUT2D eigenvalue weighted by molar-refractivity contribution is -0.137. The smallest absolute Gasteiger partial charge is 0.305 e. The van der Waals surface area contributed by atoms with E-state index in [0.717, 1.165) is 12.8 Å². The van der Waals surface area contributed by atoms with Crippen molar-refractivity contribution in [2.24, 2.45) is 0 Å². The minimum Gasteiger partial charge on any atom is -0.497 e. The number of hydrogen-bond donors (Lipinski definition) is 2. The van der Waals surface area contributed by atoms with E-state index in [-0.39, 0.29) is 12.1 Å². The van der Waals surface area contributed by atoms with Gasteiger partial charge in [-0.1, -0.05) is 5.16 Å². The first-order chi connectivity index (χ1) is 12.5. The van der Waals surface area contributed by atoms with Gasteiger partial charge in [-0.2, -0.15) is 0 Å². The van der Waals surface area contributed by atoms with E-state index in [2.05, 4.69) is 10.5 Å². The van der Waals surface area contributed by atoms with Crippen LogP contribution in [0.2, 0.25) is 0 Å². The Balaban J connectivity index is 1.83. The average Bonchev–Trinajstić information content (AvgIpc) is 3.36. The molecule has 2 N–H and O–H groups in total. The summed E-state index contributed by atoms with van der Waals surface area (Å²) < 4.78 is 15.7. The van der Waals surface area contributed by atoms with Crippen molar-refractivity contribution in [2.75, 3.05) is 14.2 Å². The minimum absolute atomic E-state index is 0.134. The largest absolute Gasteiger partial charge is 0.497 e. The minimum atomic E-state index is -1.05.